The zero-order valence-electron chi connectivity index (χ0n) is 5.45. The zero-order chi connectivity index (χ0) is 8.27. The van der Waals surface area contributed by atoms with Gasteiger partial charge in [0, 0.05) is 18.5 Å². The van der Waals surface area contributed by atoms with Crippen molar-refractivity contribution in [2.24, 2.45) is 5.73 Å². The van der Waals surface area contributed by atoms with Gasteiger partial charge in [0.25, 0.3) is 0 Å². The predicted molar refractivity (Wildman–Crippen MR) is 47.2 cm³/mol. The summed E-state index contributed by atoms with van der Waals surface area (Å²) < 4.78 is 5.39. The Morgan fingerprint density at radius 3 is 3.00 bits per heavy atom. The summed E-state index contributed by atoms with van der Waals surface area (Å²) in [6.07, 6.45) is 2.30. The van der Waals surface area contributed by atoms with Crippen molar-refractivity contribution in [2.45, 2.75) is 0 Å². The number of primary amides is 1. The van der Waals surface area contributed by atoms with Crippen LogP contribution in [0.4, 0.5) is 4.79 Å². The third-order valence-electron chi connectivity index (χ3n) is 0.946. The molecule has 2 N–H and O–H groups in total. The Morgan fingerprint density at radius 1 is 1.73 bits per heavy atom. The van der Waals surface area contributed by atoms with E-state index in [1.54, 1.807) is 12.3 Å². The molecule has 0 aliphatic heterocycles. The molecule has 0 unspecified atom stereocenters. The molecular formula is C6H5IN2O2. The van der Waals surface area contributed by atoms with Gasteiger partial charge in [-0.3, -0.25) is 4.98 Å². The third kappa shape index (κ3) is 2.34. The monoisotopic (exact) mass is 264 g/mol. The molecule has 0 aliphatic rings. The van der Waals surface area contributed by atoms with Crippen molar-refractivity contribution in [3.8, 4) is 5.75 Å². The molecule has 5 heteroatoms. The molecule has 1 amide bonds. The number of carbonyl (C=O) groups is 1. The molecule has 0 aromatic carbocycles. The van der Waals surface area contributed by atoms with Crippen molar-refractivity contribution in [3.05, 3.63) is 22.0 Å². The fourth-order valence-electron chi connectivity index (χ4n) is 0.554. The van der Waals surface area contributed by atoms with Crippen LogP contribution in [-0.4, -0.2) is 11.1 Å². The summed E-state index contributed by atoms with van der Waals surface area (Å²) in [7, 11) is 0. The summed E-state index contributed by atoms with van der Waals surface area (Å²) in [5.41, 5.74) is 4.81. The van der Waals surface area contributed by atoms with Crippen molar-refractivity contribution in [3.63, 3.8) is 0 Å². The van der Waals surface area contributed by atoms with Gasteiger partial charge in [-0.2, -0.15) is 0 Å². The van der Waals surface area contributed by atoms with E-state index < -0.39 is 6.09 Å². The third-order valence-corrected chi connectivity index (χ3v) is 1.76. The molecule has 0 aliphatic carbocycles. The lowest BCUT2D eigenvalue weighted by molar-refractivity contribution is 0.210. The number of nitrogens with zero attached hydrogens (tertiary/aromatic N) is 1. The Bertz CT molecular complexity index is 277. The van der Waals surface area contributed by atoms with Gasteiger partial charge in [-0.25, -0.2) is 4.79 Å². The molecule has 1 heterocycles. The standard InChI is InChI=1S/C6H5IN2O2/c7-4-3-9-2-1-5(4)11-6(8)10/h1-3H,(H2,8,10). The first-order valence-electron chi connectivity index (χ1n) is 2.77. The molecule has 0 spiro atoms. The van der Waals surface area contributed by atoms with Gasteiger partial charge in [-0.05, 0) is 22.6 Å². The molecular weight excluding hydrogens is 259 g/mol. The molecule has 0 saturated heterocycles. The van der Waals surface area contributed by atoms with Crippen molar-refractivity contribution in [2.75, 3.05) is 0 Å². The van der Waals surface area contributed by atoms with Crippen LogP contribution in [0.1, 0.15) is 0 Å². The molecule has 0 atom stereocenters. The molecule has 4 nitrogen and oxygen atoms in total. The summed E-state index contributed by atoms with van der Waals surface area (Å²) in [5.74, 6) is 0.438. The average Bonchev–Trinajstić information content (AvgIpc) is 1.93. The fourth-order valence-corrected chi connectivity index (χ4v) is 1.00. The number of pyridine rings is 1. The van der Waals surface area contributed by atoms with Crippen LogP contribution in [0.15, 0.2) is 18.5 Å². The maximum absolute atomic E-state index is 10.3. The summed E-state index contributed by atoms with van der Waals surface area (Å²) in [6, 6.07) is 1.58. The Kier molecular flexibility index (Phi) is 2.64. The molecule has 0 saturated carbocycles. The van der Waals surface area contributed by atoms with E-state index in [0.717, 1.165) is 3.57 Å². The maximum atomic E-state index is 10.3. The number of aromatic nitrogens is 1. The molecule has 0 radical (unpaired) electrons. The lowest BCUT2D eigenvalue weighted by Gasteiger charge is -2.00. The Morgan fingerprint density at radius 2 is 2.45 bits per heavy atom. The van der Waals surface area contributed by atoms with Gasteiger partial charge in [-0.15, -0.1) is 0 Å². The number of rotatable bonds is 1. The summed E-state index contributed by atoms with van der Waals surface area (Å²) >= 11 is 2.00. The summed E-state index contributed by atoms with van der Waals surface area (Å²) in [6.45, 7) is 0. The van der Waals surface area contributed by atoms with Gasteiger partial charge in [-0.1, -0.05) is 0 Å². The highest BCUT2D eigenvalue weighted by atomic mass is 127. The Balaban J connectivity index is 2.86. The SMILES string of the molecule is NC(=O)Oc1ccncc1I. The maximum Gasteiger partial charge on any atom is 0.410 e. The van der Waals surface area contributed by atoms with Gasteiger partial charge in [0.05, 0.1) is 3.57 Å². The van der Waals surface area contributed by atoms with Crippen LogP contribution in [0.3, 0.4) is 0 Å². The van der Waals surface area contributed by atoms with Crippen LogP contribution in [0.5, 0.6) is 5.75 Å². The van der Waals surface area contributed by atoms with Crippen molar-refractivity contribution in [1.29, 1.82) is 0 Å². The van der Waals surface area contributed by atoms with Crippen LogP contribution < -0.4 is 10.5 Å². The highest BCUT2D eigenvalue weighted by Gasteiger charge is 2.01. The molecule has 1 aromatic heterocycles. The van der Waals surface area contributed by atoms with Crippen LogP contribution in [-0.2, 0) is 0 Å². The normalized spacial score (nSPS) is 9.18. The van der Waals surface area contributed by atoms with Crippen LogP contribution in [0.25, 0.3) is 0 Å². The number of amides is 1. The molecule has 11 heavy (non-hydrogen) atoms. The van der Waals surface area contributed by atoms with Crippen molar-refractivity contribution < 1.29 is 9.53 Å². The van der Waals surface area contributed by atoms with E-state index in [0.29, 0.717) is 5.75 Å². The second kappa shape index (κ2) is 3.51. The number of hydrogen-bond acceptors (Lipinski definition) is 3. The van der Waals surface area contributed by atoms with Gasteiger partial charge in [0.2, 0.25) is 0 Å². The van der Waals surface area contributed by atoms with Crippen LogP contribution in [0, 0.1) is 3.57 Å². The number of halogens is 1. The van der Waals surface area contributed by atoms with E-state index >= 15 is 0 Å². The minimum atomic E-state index is -0.811. The molecule has 58 valence electrons. The first-order chi connectivity index (χ1) is 5.20. The largest absolute Gasteiger partial charge is 0.410 e. The smallest absolute Gasteiger partial charge is 0.409 e. The molecule has 1 aromatic rings. The second-order valence-electron chi connectivity index (χ2n) is 1.73. The first kappa shape index (κ1) is 8.25. The van der Waals surface area contributed by atoms with E-state index in [-0.39, 0.29) is 0 Å². The highest BCUT2D eigenvalue weighted by Crippen LogP contribution is 2.17. The highest BCUT2D eigenvalue weighted by molar-refractivity contribution is 14.1. The van der Waals surface area contributed by atoms with E-state index in [2.05, 4.69) is 9.72 Å². The number of carbonyl (C=O) groups excluding carboxylic acids is 1. The second-order valence-corrected chi connectivity index (χ2v) is 2.89. The number of hydrogen-bond donors (Lipinski definition) is 1. The lowest BCUT2D eigenvalue weighted by atomic mass is 10.5. The number of nitrogens with two attached hydrogens (primary N) is 1. The quantitative estimate of drug-likeness (QED) is 0.773. The van der Waals surface area contributed by atoms with Gasteiger partial charge < -0.3 is 10.5 Å². The van der Waals surface area contributed by atoms with Gasteiger partial charge >= 0.3 is 6.09 Å². The predicted octanol–water partition coefficient (Wildman–Crippen LogP) is 1.14. The van der Waals surface area contributed by atoms with Crippen molar-refractivity contribution in [1.82, 2.24) is 4.98 Å². The van der Waals surface area contributed by atoms with E-state index in [4.69, 9.17) is 5.73 Å². The fraction of sp³-hybridized carbons (Fsp3) is 0. The zero-order valence-corrected chi connectivity index (χ0v) is 7.61. The van der Waals surface area contributed by atoms with Gasteiger partial charge in [0.1, 0.15) is 5.75 Å². The number of ether oxygens (including phenoxy) is 1. The molecule has 1 rings (SSSR count). The lowest BCUT2D eigenvalue weighted by Crippen LogP contribution is -2.16. The van der Waals surface area contributed by atoms with E-state index in [1.165, 1.54) is 6.20 Å². The minimum Gasteiger partial charge on any atom is -0.409 e. The van der Waals surface area contributed by atoms with E-state index in [9.17, 15) is 4.79 Å². The van der Waals surface area contributed by atoms with Crippen LogP contribution in [0.2, 0.25) is 0 Å². The Hall–Kier alpha value is -0.850. The molecule has 0 fully saturated rings. The van der Waals surface area contributed by atoms with Crippen molar-refractivity contribution >= 4 is 28.7 Å². The van der Waals surface area contributed by atoms with Crippen LogP contribution >= 0.6 is 22.6 Å². The topological polar surface area (TPSA) is 65.2 Å². The first-order valence-corrected chi connectivity index (χ1v) is 3.85. The van der Waals surface area contributed by atoms with E-state index in [1.807, 2.05) is 22.6 Å². The minimum absolute atomic E-state index is 0.438. The van der Waals surface area contributed by atoms with Gasteiger partial charge in [0.15, 0.2) is 0 Å². The summed E-state index contributed by atoms with van der Waals surface area (Å²) in [5, 5.41) is 0. The Labute approximate surface area is 76.9 Å². The summed E-state index contributed by atoms with van der Waals surface area (Å²) in [4.78, 5) is 14.1. The average molecular weight is 264 g/mol. The molecule has 0 bridgehead atoms.